The van der Waals surface area contributed by atoms with Crippen molar-refractivity contribution in [3.05, 3.63) is 42.3 Å². The van der Waals surface area contributed by atoms with Crippen molar-refractivity contribution in [2.45, 2.75) is 32.2 Å². The van der Waals surface area contributed by atoms with Gasteiger partial charge in [-0.1, -0.05) is 17.3 Å². The molecule has 0 aliphatic carbocycles. The fraction of sp³-hybridized carbons (Fsp3) is 0.412. The van der Waals surface area contributed by atoms with E-state index in [1.807, 2.05) is 33.7 Å². The molecule has 4 rings (SSSR count). The Morgan fingerprint density at radius 3 is 2.88 bits per heavy atom. The number of hydrogen-bond acceptors (Lipinski definition) is 5. The zero-order chi connectivity index (χ0) is 16.5. The second-order valence-electron chi connectivity index (χ2n) is 6.19. The summed E-state index contributed by atoms with van der Waals surface area (Å²) in [5.74, 6) is 1.70. The van der Waals surface area contributed by atoms with Crippen LogP contribution in [0.2, 0.25) is 0 Å². The highest BCUT2D eigenvalue weighted by Gasteiger charge is 2.26. The average Bonchev–Trinajstić information content (AvgIpc) is 3.23. The van der Waals surface area contributed by atoms with Crippen LogP contribution in [0.1, 0.15) is 37.4 Å². The molecule has 1 aromatic carbocycles. The molecule has 3 heterocycles. The van der Waals surface area contributed by atoms with Crippen LogP contribution in [0.25, 0.3) is 11.0 Å². The lowest BCUT2D eigenvalue weighted by Crippen LogP contribution is -2.36. The first kappa shape index (κ1) is 14.9. The highest BCUT2D eigenvalue weighted by Crippen LogP contribution is 2.27. The summed E-state index contributed by atoms with van der Waals surface area (Å²) in [5.41, 5.74) is 2.01. The Bertz CT molecular complexity index is 861. The summed E-state index contributed by atoms with van der Waals surface area (Å²) < 4.78 is 7.48. The molecule has 2 aromatic heterocycles. The van der Waals surface area contributed by atoms with E-state index in [9.17, 15) is 4.79 Å². The van der Waals surface area contributed by atoms with Gasteiger partial charge in [0.25, 0.3) is 0 Å². The monoisotopic (exact) mass is 325 g/mol. The molecule has 124 valence electrons. The van der Waals surface area contributed by atoms with Gasteiger partial charge in [0.2, 0.25) is 11.8 Å². The summed E-state index contributed by atoms with van der Waals surface area (Å²) in [5, 5.41) is 4.11. The van der Waals surface area contributed by atoms with Crippen LogP contribution in [0.5, 0.6) is 0 Å². The van der Waals surface area contributed by atoms with Gasteiger partial charge in [-0.05, 0) is 25.0 Å². The number of fused-ring (bicyclic) bond motifs is 1. The molecule has 1 saturated heterocycles. The topological polar surface area (TPSA) is 77.1 Å². The third kappa shape index (κ3) is 2.77. The number of aromatic nitrogens is 4. The van der Waals surface area contributed by atoms with Crippen LogP contribution >= 0.6 is 0 Å². The zero-order valence-corrected chi connectivity index (χ0v) is 13.6. The molecule has 0 bridgehead atoms. The van der Waals surface area contributed by atoms with Crippen molar-refractivity contribution in [1.82, 2.24) is 24.6 Å². The average molecular weight is 325 g/mol. The maximum Gasteiger partial charge on any atom is 0.229 e. The van der Waals surface area contributed by atoms with Gasteiger partial charge in [-0.15, -0.1) is 0 Å². The number of likely N-dealkylation sites (tertiary alicyclic amines) is 1. The standard InChI is InChI=1S/C17H19N5O2/c1-12(23)21-8-6-13(7-9-21)17-19-16(20-24-17)10-22-11-18-14-4-2-3-5-15(14)22/h2-5,11,13H,6-10H2,1H3. The van der Waals surface area contributed by atoms with E-state index >= 15 is 0 Å². The lowest BCUT2D eigenvalue weighted by Gasteiger charge is -2.29. The van der Waals surface area contributed by atoms with Crippen LogP contribution in [0.4, 0.5) is 0 Å². The Morgan fingerprint density at radius 2 is 2.08 bits per heavy atom. The van der Waals surface area contributed by atoms with Crippen molar-refractivity contribution >= 4 is 16.9 Å². The van der Waals surface area contributed by atoms with Gasteiger partial charge < -0.3 is 14.0 Å². The Kier molecular flexibility index (Phi) is 3.76. The lowest BCUT2D eigenvalue weighted by molar-refractivity contribution is -0.129. The number of carbonyl (C=O) groups excluding carboxylic acids is 1. The molecule has 1 fully saturated rings. The number of carbonyl (C=O) groups is 1. The van der Waals surface area contributed by atoms with Crippen molar-refractivity contribution in [3.63, 3.8) is 0 Å². The van der Waals surface area contributed by atoms with Gasteiger partial charge in [0.1, 0.15) is 0 Å². The molecule has 0 radical (unpaired) electrons. The van der Waals surface area contributed by atoms with Crippen molar-refractivity contribution in [3.8, 4) is 0 Å². The van der Waals surface area contributed by atoms with Crippen LogP contribution < -0.4 is 0 Å². The van der Waals surface area contributed by atoms with Gasteiger partial charge in [0, 0.05) is 25.9 Å². The molecule has 0 spiro atoms. The Morgan fingerprint density at radius 1 is 1.29 bits per heavy atom. The maximum atomic E-state index is 11.4. The summed E-state index contributed by atoms with van der Waals surface area (Å²) in [7, 11) is 0. The molecule has 24 heavy (non-hydrogen) atoms. The van der Waals surface area contributed by atoms with E-state index in [4.69, 9.17) is 4.52 Å². The van der Waals surface area contributed by atoms with Gasteiger partial charge in [0.15, 0.2) is 5.82 Å². The third-order valence-corrected chi connectivity index (χ3v) is 4.61. The molecule has 0 N–H and O–H groups in total. The van der Waals surface area contributed by atoms with E-state index in [2.05, 4.69) is 15.1 Å². The molecule has 1 amide bonds. The van der Waals surface area contributed by atoms with Crippen LogP contribution in [0, 0.1) is 0 Å². The van der Waals surface area contributed by atoms with E-state index in [1.165, 1.54) is 0 Å². The van der Waals surface area contributed by atoms with Crippen LogP contribution in [-0.4, -0.2) is 43.6 Å². The smallest absolute Gasteiger partial charge is 0.229 e. The Balaban J connectivity index is 1.46. The number of hydrogen-bond donors (Lipinski definition) is 0. The highest BCUT2D eigenvalue weighted by molar-refractivity contribution is 5.75. The number of rotatable bonds is 3. The quantitative estimate of drug-likeness (QED) is 0.738. The minimum Gasteiger partial charge on any atom is -0.343 e. The first-order chi connectivity index (χ1) is 11.7. The Labute approximate surface area is 139 Å². The normalized spacial score (nSPS) is 16.0. The van der Waals surface area contributed by atoms with Gasteiger partial charge in [0.05, 0.1) is 23.9 Å². The predicted octanol–water partition coefficient (Wildman–Crippen LogP) is 2.19. The van der Waals surface area contributed by atoms with Gasteiger partial charge >= 0.3 is 0 Å². The van der Waals surface area contributed by atoms with Crippen molar-refractivity contribution < 1.29 is 9.32 Å². The van der Waals surface area contributed by atoms with Gasteiger partial charge in [-0.25, -0.2) is 4.98 Å². The fourth-order valence-electron chi connectivity index (χ4n) is 3.23. The minimum atomic E-state index is 0.131. The second-order valence-corrected chi connectivity index (χ2v) is 6.19. The lowest BCUT2D eigenvalue weighted by atomic mass is 9.97. The number of amides is 1. The first-order valence-corrected chi connectivity index (χ1v) is 8.18. The SMILES string of the molecule is CC(=O)N1CCC(c2nc(Cn3cnc4ccccc43)no2)CC1. The summed E-state index contributed by atoms with van der Waals surface area (Å²) in [4.78, 5) is 22.2. The summed E-state index contributed by atoms with van der Waals surface area (Å²) in [6.45, 7) is 3.66. The Hall–Kier alpha value is -2.70. The summed E-state index contributed by atoms with van der Waals surface area (Å²) in [6.07, 6.45) is 3.54. The van der Waals surface area contributed by atoms with Crippen molar-refractivity contribution in [1.29, 1.82) is 0 Å². The second kappa shape index (κ2) is 6.07. The van der Waals surface area contributed by atoms with Crippen LogP contribution in [-0.2, 0) is 11.3 Å². The number of para-hydroxylation sites is 2. The molecular formula is C17H19N5O2. The number of nitrogens with zero attached hydrogens (tertiary/aromatic N) is 5. The number of benzene rings is 1. The number of piperidine rings is 1. The summed E-state index contributed by atoms with van der Waals surface area (Å²) >= 11 is 0. The van der Waals surface area contributed by atoms with E-state index in [-0.39, 0.29) is 11.8 Å². The molecule has 7 heteroatoms. The van der Waals surface area contributed by atoms with Gasteiger partial charge in [-0.2, -0.15) is 4.98 Å². The third-order valence-electron chi connectivity index (χ3n) is 4.61. The fourth-order valence-corrected chi connectivity index (χ4v) is 3.23. The van der Waals surface area contributed by atoms with E-state index in [0.29, 0.717) is 18.3 Å². The van der Waals surface area contributed by atoms with E-state index in [0.717, 1.165) is 37.0 Å². The van der Waals surface area contributed by atoms with Crippen LogP contribution in [0.3, 0.4) is 0 Å². The highest BCUT2D eigenvalue weighted by atomic mass is 16.5. The molecule has 0 unspecified atom stereocenters. The van der Waals surface area contributed by atoms with E-state index < -0.39 is 0 Å². The molecule has 0 saturated carbocycles. The van der Waals surface area contributed by atoms with Crippen molar-refractivity contribution in [2.75, 3.05) is 13.1 Å². The number of imidazole rings is 1. The van der Waals surface area contributed by atoms with Crippen molar-refractivity contribution in [2.24, 2.45) is 0 Å². The molecule has 0 atom stereocenters. The molecule has 1 aliphatic rings. The molecule has 1 aliphatic heterocycles. The molecule has 7 nitrogen and oxygen atoms in total. The molecular weight excluding hydrogens is 306 g/mol. The summed E-state index contributed by atoms with van der Waals surface area (Å²) in [6, 6.07) is 7.97. The zero-order valence-electron chi connectivity index (χ0n) is 13.6. The largest absolute Gasteiger partial charge is 0.343 e. The molecule has 3 aromatic rings. The van der Waals surface area contributed by atoms with E-state index in [1.54, 1.807) is 13.3 Å². The maximum absolute atomic E-state index is 11.4. The van der Waals surface area contributed by atoms with Crippen LogP contribution in [0.15, 0.2) is 35.1 Å². The minimum absolute atomic E-state index is 0.131. The first-order valence-electron chi connectivity index (χ1n) is 8.18. The predicted molar refractivity (Wildman–Crippen MR) is 87.4 cm³/mol. The van der Waals surface area contributed by atoms with Gasteiger partial charge in [-0.3, -0.25) is 4.79 Å².